The molecule has 0 bridgehead atoms. The van der Waals surface area contributed by atoms with Gasteiger partial charge in [-0.15, -0.1) is 10.3 Å². The van der Waals surface area contributed by atoms with Crippen LogP contribution in [0.2, 0.25) is 0 Å². The molecule has 2 fully saturated rings. The largest absolute Gasteiger partial charge is 0.447 e. The van der Waals surface area contributed by atoms with Gasteiger partial charge in [0.25, 0.3) is 0 Å². The zero-order chi connectivity index (χ0) is 68.6. The van der Waals surface area contributed by atoms with Crippen molar-refractivity contribution in [1.82, 2.24) is 21.3 Å². The Morgan fingerprint density at radius 1 is 0.580 bits per heavy atom. The van der Waals surface area contributed by atoms with Gasteiger partial charge >= 0.3 is 24.4 Å². The molecule has 2 aliphatic carbocycles. The number of alkyl carbamates (subject to hydrolysis) is 4. The number of Topliss-reactive ketones (excluding diaryl/α,β-unsaturated/α-hetero) is 2. The summed E-state index contributed by atoms with van der Waals surface area (Å²) in [7, 11) is -2.78. The minimum Gasteiger partial charge on any atom is -0.447 e. The van der Waals surface area contributed by atoms with E-state index in [4.69, 9.17) is 38.3 Å². The molecular formula is C66H127N5O15S2. The number of amides is 4. The van der Waals surface area contributed by atoms with Gasteiger partial charge in [-0.3, -0.25) is 9.59 Å². The maximum absolute atomic E-state index is 12.9. The molecule has 0 spiro atoms. The molecule has 0 radical (unpaired) electrons. The van der Waals surface area contributed by atoms with Crippen LogP contribution in [-0.2, 0) is 42.2 Å². The Morgan fingerprint density at radius 3 is 1.30 bits per heavy atom. The van der Waals surface area contributed by atoms with Crippen molar-refractivity contribution in [2.45, 2.75) is 235 Å². The van der Waals surface area contributed by atoms with E-state index in [1.54, 1.807) is 48.5 Å². The summed E-state index contributed by atoms with van der Waals surface area (Å²) >= 11 is 0. The summed E-state index contributed by atoms with van der Waals surface area (Å²) in [5, 5.41) is 30.5. The van der Waals surface area contributed by atoms with Crippen LogP contribution in [0.25, 0.3) is 0 Å². The SMILES string of the molecule is C=C(C)C(=O)C(C)C.C=C(C)C(=O)C(C)N.CC1(C)CC(NC(=O)OCCOCCCS(C)(C)C(C)(C)OS(C)(C)C(C)(C)CCOCCOC(=O)NC2CC(C)(C)CC(C)(CNC(=O)OC(C)(C)CCO)C2)CC(C)(CNC(=O)OC(C)(C)CCO)C1. The number of nitrogens with two attached hydrogens (primary N) is 1. The van der Waals surface area contributed by atoms with Crippen molar-refractivity contribution in [3.05, 3.63) is 24.3 Å². The molecule has 0 saturated heterocycles. The number of ether oxygens (including phenoxy) is 6. The van der Waals surface area contributed by atoms with Gasteiger partial charge in [0.15, 0.2) is 11.6 Å². The molecule has 518 valence electrons. The number of carbonyl (C=O) groups is 6. The Balaban J connectivity index is 0.00000412. The average Bonchev–Trinajstić information content (AvgIpc) is 0.979. The minimum absolute atomic E-state index is 0.0600. The average molecular weight is 1290 g/mol. The molecule has 88 heavy (non-hydrogen) atoms. The first kappa shape index (κ1) is 84.4. The number of allylic oxidation sites excluding steroid dienone is 1. The van der Waals surface area contributed by atoms with Crippen LogP contribution in [0.4, 0.5) is 19.2 Å². The lowest BCUT2D eigenvalue weighted by molar-refractivity contribution is -0.118. The van der Waals surface area contributed by atoms with E-state index >= 15 is 0 Å². The lowest BCUT2D eigenvalue weighted by Crippen LogP contribution is -2.51. The summed E-state index contributed by atoms with van der Waals surface area (Å²) in [6.45, 7) is 47.2. The molecule has 0 aliphatic heterocycles. The highest BCUT2D eigenvalue weighted by molar-refractivity contribution is 8.34. The van der Waals surface area contributed by atoms with Gasteiger partial charge in [0, 0.05) is 75.1 Å². The maximum atomic E-state index is 12.9. The summed E-state index contributed by atoms with van der Waals surface area (Å²) in [6, 6.07) is -0.626. The van der Waals surface area contributed by atoms with Crippen LogP contribution in [0.1, 0.15) is 196 Å². The van der Waals surface area contributed by atoms with Gasteiger partial charge in [-0.2, -0.15) is 0 Å². The van der Waals surface area contributed by atoms with Crippen molar-refractivity contribution in [3.63, 3.8) is 0 Å². The third-order valence-electron chi connectivity index (χ3n) is 16.6. The Hall–Kier alpha value is -3.64. The van der Waals surface area contributed by atoms with Crippen LogP contribution >= 0.6 is 20.3 Å². The summed E-state index contributed by atoms with van der Waals surface area (Å²) in [4.78, 5) is 71.8. The number of ketones is 2. The quantitative estimate of drug-likeness (QED) is 0.0183. The fourth-order valence-electron chi connectivity index (χ4n) is 11.5. The number of nitrogens with one attached hydrogen (secondary N) is 4. The van der Waals surface area contributed by atoms with Gasteiger partial charge in [-0.05, 0) is 177 Å². The van der Waals surface area contributed by atoms with Crippen molar-refractivity contribution in [2.75, 3.05) is 96.7 Å². The van der Waals surface area contributed by atoms with Crippen molar-refractivity contribution < 1.29 is 71.6 Å². The van der Waals surface area contributed by atoms with E-state index in [1.807, 2.05) is 13.8 Å². The lowest BCUT2D eigenvalue weighted by Gasteiger charge is -2.56. The highest BCUT2D eigenvalue weighted by atomic mass is 32.3. The van der Waals surface area contributed by atoms with Gasteiger partial charge in [0.1, 0.15) is 29.3 Å². The van der Waals surface area contributed by atoms with Crippen molar-refractivity contribution >= 4 is 56.3 Å². The van der Waals surface area contributed by atoms with E-state index in [9.17, 15) is 39.0 Å². The molecule has 0 aromatic carbocycles. The monoisotopic (exact) mass is 1290 g/mol. The zero-order valence-corrected chi connectivity index (χ0v) is 60.8. The standard InChI is InChI=1S/C53H104N4O13S2.C7H12O.C6H11NO/c1-46(2)32-40(34-52(13,36-46)38-54-42(60)68-48(5,6)20-23-58)56-44(62)66-29-27-64-25-19-31-71(15,16)51(11,12)70-72(17,18)50(9,10)22-26-65-28-30-67-45(63)57-41-33-47(3,4)37-53(14,35-41)39-55-43(61)69-49(7,8)21-24-59;1-5(2)7(8)6(3)4;1-4(2)6(8)5(3)7/h40-41,58-59H,19-39H2,1-18H3,(H,54,60)(H,55,61)(H,56,62)(H,57,63);6H,1H2,2-4H3;5H,1,7H2,2-3H3. The van der Waals surface area contributed by atoms with Gasteiger partial charge in [-0.1, -0.05) is 82.4 Å². The fraction of sp³-hybridized carbons (Fsp3) is 0.848. The Morgan fingerprint density at radius 2 is 0.966 bits per heavy atom. The first-order valence-corrected chi connectivity index (χ1v) is 36.4. The number of aliphatic hydroxyl groups is 2. The van der Waals surface area contributed by atoms with Crippen LogP contribution < -0.4 is 27.0 Å². The Kier molecular flexibility index (Phi) is 35.0. The van der Waals surface area contributed by atoms with Crippen LogP contribution in [0.5, 0.6) is 0 Å². The third kappa shape index (κ3) is 33.6. The third-order valence-corrected chi connectivity index (χ3v) is 24.4. The van der Waals surface area contributed by atoms with Gasteiger partial charge in [0.05, 0.1) is 19.3 Å². The molecule has 22 heteroatoms. The van der Waals surface area contributed by atoms with Crippen LogP contribution in [-0.4, -0.2) is 182 Å². The van der Waals surface area contributed by atoms with Gasteiger partial charge in [-0.25, -0.2) is 29.2 Å². The molecule has 2 aliphatic rings. The first-order chi connectivity index (χ1) is 39.9. The summed E-state index contributed by atoms with van der Waals surface area (Å²) in [5.74, 6) is 1.15. The first-order valence-electron chi connectivity index (χ1n) is 31.4. The van der Waals surface area contributed by atoms with E-state index in [-0.39, 0.29) is 93.9 Å². The molecule has 20 nitrogen and oxygen atoms in total. The van der Waals surface area contributed by atoms with Crippen LogP contribution in [0.3, 0.4) is 0 Å². The maximum Gasteiger partial charge on any atom is 0.407 e. The molecule has 0 aromatic rings. The Bertz CT molecular complexity index is 2200. The summed E-state index contributed by atoms with van der Waals surface area (Å²) < 4.78 is 40.9. The highest BCUT2D eigenvalue weighted by Gasteiger charge is 2.45. The number of carbonyl (C=O) groups excluding carboxylic acids is 6. The number of aliphatic hydroxyl groups excluding tert-OH is 2. The molecule has 4 amide bonds. The van der Waals surface area contributed by atoms with Crippen molar-refractivity contribution in [3.8, 4) is 0 Å². The molecule has 0 heterocycles. The number of rotatable bonds is 33. The Labute approximate surface area is 535 Å². The molecule has 5 unspecified atom stereocenters. The molecule has 0 aromatic heterocycles. The van der Waals surface area contributed by atoms with E-state index in [0.29, 0.717) is 69.7 Å². The predicted octanol–water partition coefficient (Wildman–Crippen LogP) is 12.0. The highest BCUT2D eigenvalue weighted by Crippen LogP contribution is 2.65. The number of hydrogen-bond donors (Lipinski definition) is 7. The lowest BCUT2D eigenvalue weighted by atomic mass is 9.62. The van der Waals surface area contributed by atoms with Gasteiger partial charge < -0.3 is 69.8 Å². The summed E-state index contributed by atoms with van der Waals surface area (Å²) in [6.07, 6.45) is 14.1. The topological polar surface area (TPSA) is 282 Å². The fourth-order valence-corrected chi connectivity index (χ4v) is 15.8. The molecule has 8 N–H and O–H groups in total. The zero-order valence-electron chi connectivity index (χ0n) is 59.2. The van der Waals surface area contributed by atoms with Crippen molar-refractivity contribution in [1.29, 1.82) is 0 Å². The summed E-state index contributed by atoms with van der Waals surface area (Å²) in [5.41, 5.74) is 4.22. The van der Waals surface area contributed by atoms with E-state index < -0.39 is 62.0 Å². The van der Waals surface area contributed by atoms with Crippen LogP contribution in [0.15, 0.2) is 24.3 Å². The van der Waals surface area contributed by atoms with Crippen LogP contribution in [0, 0.1) is 27.6 Å². The van der Waals surface area contributed by atoms with E-state index in [2.05, 4.69) is 129 Å². The van der Waals surface area contributed by atoms with E-state index in [0.717, 1.165) is 44.3 Å². The second-order valence-corrected chi connectivity index (χ2v) is 38.5. The minimum atomic E-state index is -1.56. The molecule has 5 atom stereocenters. The predicted molar refractivity (Wildman–Crippen MR) is 361 cm³/mol. The molecule has 2 rings (SSSR count). The van der Waals surface area contributed by atoms with E-state index in [1.165, 1.54) is 0 Å². The second kappa shape index (κ2) is 36.6. The van der Waals surface area contributed by atoms with Gasteiger partial charge in [0.2, 0.25) is 0 Å². The van der Waals surface area contributed by atoms with Crippen molar-refractivity contribution in [2.24, 2.45) is 33.3 Å². The normalized spacial score (nSPS) is 21.1. The smallest absolute Gasteiger partial charge is 0.407 e. The molecule has 2 saturated carbocycles. The molecular weight excluding hydrogens is 1170 g/mol. The number of hydrogen-bond acceptors (Lipinski definition) is 16. The second-order valence-electron chi connectivity index (χ2n) is 30.3.